The van der Waals surface area contributed by atoms with Crippen molar-refractivity contribution in [1.82, 2.24) is 10.3 Å². The Morgan fingerprint density at radius 3 is 2.82 bits per heavy atom. The van der Waals surface area contributed by atoms with Crippen molar-refractivity contribution in [2.45, 2.75) is 6.54 Å². The van der Waals surface area contributed by atoms with Gasteiger partial charge in [0.1, 0.15) is 4.88 Å². The maximum Gasteiger partial charge on any atom is 0.263 e. The molecule has 0 aliphatic rings. The normalized spacial score (nSPS) is 9.59. The molecule has 1 aromatic heterocycles. The monoisotopic (exact) mass is 242 g/mol. The number of carbonyl (C=O) groups excluding carboxylic acids is 1. The van der Waals surface area contributed by atoms with Gasteiger partial charge >= 0.3 is 0 Å². The Kier molecular flexibility index (Phi) is 3.53. The summed E-state index contributed by atoms with van der Waals surface area (Å²) in [5.41, 5.74) is 1.06. The predicted octanol–water partition coefficient (Wildman–Crippen LogP) is 2.05. The lowest BCUT2D eigenvalue weighted by molar-refractivity contribution is 0.0955. The SMILES string of the molecule is C#Cc1ncc(C(=O)NCc2ccccc2)s1. The number of nitrogens with zero attached hydrogens (tertiary/aromatic N) is 1. The van der Waals surface area contributed by atoms with Crippen LogP contribution in [0.1, 0.15) is 20.2 Å². The molecule has 1 N–H and O–H groups in total. The molecule has 0 saturated carbocycles. The van der Waals surface area contributed by atoms with Crippen molar-refractivity contribution in [1.29, 1.82) is 0 Å². The zero-order valence-corrected chi connectivity index (χ0v) is 9.83. The van der Waals surface area contributed by atoms with Gasteiger partial charge in [0.15, 0.2) is 5.01 Å². The van der Waals surface area contributed by atoms with E-state index >= 15 is 0 Å². The number of thiazole rings is 1. The number of amides is 1. The van der Waals surface area contributed by atoms with E-state index in [4.69, 9.17) is 6.42 Å². The van der Waals surface area contributed by atoms with Crippen LogP contribution in [-0.4, -0.2) is 10.9 Å². The Balaban J connectivity index is 1.96. The predicted molar refractivity (Wildman–Crippen MR) is 67.7 cm³/mol. The van der Waals surface area contributed by atoms with E-state index in [-0.39, 0.29) is 5.91 Å². The number of benzene rings is 1. The van der Waals surface area contributed by atoms with E-state index in [0.29, 0.717) is 16.4 Å². The minimum Gasteiger partial charge on any atom is -0.347 e. The highest BCUT2D eigenvalue weighted by Crippen LogP contribution is 2.11. The van der Waals surface area contributed by atoms with Crippen LogP contribution in [0.3, 0.4) is 0 Å². The van der Waals surface area contributed by atoms with Crippen molar-refractivity contribution < 1.29 is 4.79 Å². The summed E-state index contributed by atoms with van der Waals surface area (Å²) in [7, 11) is 0. The summed E-state index contributed by atoms with van der Waals surface area (Å²) < 4.78 is 0. The summed E-state index contributed by atoms with van der Waals surface area (Å²) >= 11 is 1.22. The zero-order chi connectivity index (χ0) is 12.1. The molecule has 0 radical (unpaired) electrons. The lowest BCUT2D eigenvalue weighted by Gasteiger charge is -2.02. The first-order chi connectivity index (χ1) is 8.29. The van der Waals surface area contributed by atoms with Gasteiger partial charge in [-0.1, -0.05) is 30.3 Å². The lowest BCUT2D eigenvalue weighted by Crippen LogP contribution is -2.21. The van der Waals surface area contributed by atoms with Gasteiger partial charge in [0.25, 0.3) is 5.91 Å². The van der Waals surface area contributed by atoms with Crippen molar-refractivity contribution in [3.8, 4) is 12.3 Å². The molecule has 2 aromatic rings. The minimum absolute atomic E-state index is 0.146. The minimum atomic E-state index is -0.146. The average Bonchev–Trinajstić information content (AvgIpc) is 2.86. The van der Waals surface area contributed by atoms with Gasteiger partial charge in [-0.3, -0.25) is 4.79 Å². The molecule has 84 valence electrons. The van der Waals surface area contributed by atoms with E-state index in [0.717, 1.165) is 5.56 Å². The molecule has 0 aliphatic heterocycles. The van der Waals surface area contributed by atoms with Crippen molar-refractivity contribution in [2.75, 3.05) is 0 Å². The molecular formula is C13H10N2OS. The highest BCUT2D eigenvalue weighted by atomic mass is 32.1. The van der Waals surface area contributed by atoms with E-state index in [2.05, 4.69) is 16.2 Å². The highest BCUT2D eigenvalue weighted by molar-refractivity contribution is 7.14. The standard InChI is InChI=1S/C13H10N2OS/c1-2-12-14-9-11(17-12)13(16)15-8-10-6-4-3-5-7-10/h1,3-7,9H,8H2,(H,15,16). The number of rotatable bonds is 3. The summed E-state index contributed by atoms with van der Waals surface area (Å²) in [6.07, 6.45) is 6.69. The number of terminal acetylenes is 1. The third-order valence-corrected chi connectivity index (χ3v) is 3.08. The molecular weight excluding hydrogens is 232 g/mol. The fraction of sp³-hybridized carbons (Fsp3) is 0.0769. The lowest BCUT2D eigenvalue weighted by atomic mass is 10.2. The van der Waals surface area contributed by atoms with Crippen LogP contribution in [0.25, 0.3) is 0 Å². The molecule has 0 aliphatic carbocycles. The second-order valence-corrected chi connectivity index (χ2v) is 4.37. The van der Waals surface area contributed by atoms with Crippen LogP contribution in [0, 0.1) is 12.3 Å². The largest absolute Gasteiger partial charge is 0.347 e. The highest BCUT2D eigenvalue weighted by Gasteiger charge is 2.08. The molecule has 1 amide bonds. The Hall–Kier alpha value is -2.12. The van der Waals surface area contributed by atoms with E-state index in [1.165, 1.54) is 17.5 Å². The van der Waals surface area contributed by atoms with Crippen LogP contribution < -0.4 is 5.32 Å². The molecule has 0 fully saturated rings. The number of hydrogen-bond acceptors (Lipinski definition) is 3. The first kappa shape index (κ1) is 11.4. The maximum absolute atomic E-state index is 11.7. The third-order valence-electron chi connectivity index (χ3n) is 2.15. The molecule has 0 spiro atoms. The number of carbonyl (C=O) groups is 1. The van der Waals surface area contributed by atoms with Gasteiger partial charge in [0, 0.05) is 6.54 Å². The van der Waals surface area contributed by atoms with Gasteiger partial charge in [-0.25, -0.2) is 4.98 Å². The Morgan fingerprint density at radius 1 is 1.41 bits per heavy atom. The molecule has 4 heteroatoms. The molecule has 0 atom stereocenters. The Morgan fingerprint density at radius 2 is 2.18 bits per heavy atom. The average molecular weight is 242 g/mol. The second kappa shape index (κ2) is 5.28. The fourth-order valence-corrected chi connectivity index (χ4v) is 1.95. The molecule has 1 heterocycles. The molecule has 0 unspecified atom stereocenters. The van der Waals surface area contributed by atoms with Gasteiger partial charge in [-0.05, 0) is 11.5 Å². The topological polar surface area (TPSA) is 42.0 Å². The first-order valence-corrected chi connectivity index (χ1v) is 5.86. The summed E-state index contributed by atoms with van der Waals surface area (Å²) in [6.45, 7) is 0.503. The summed E-state index contributed by atoms with van der Waals surface area (Å²) in [5.74, 6) is 2.26. The molecule has 0 bridgehead atoms. The maximum atomic E-state index is 11.7. The van der Waals surface area contributed by atoms with Crippen LogP contribution in [0.2, 0.25) is 0 Å². The number of aromatic nitrogens is 1. The van der Waals surface area contributed by atoms with Crippen LogP contribution in [0.5, 0.6) is 0 Å². The van der Waals surface area contributed by atoms with Gasteiger partial charge in [-0.2, -0.15) is 0 Å². The van der Waals surface area contributed by atoms with E-state index < -0.39 is 0 Å². The molecule has 2 rings (SSSR count). The van der Waals surface area contributed by atoms with Crippen molar-refractivity contribution in [3.05, 3.63) is 52.0 Å². The number of hydrogen-bond donors (Lipinski definition) is 1. The van der Waals surface area contributed by atoms with Gasteiger partial charge in [0.2, 0.25) is 0 Å². The quantitative estimate of drug-likeness (QED) is 0.837. The summed E-state index contributed by atoms with van der Waals surface area (Å²) in [5, 5.41) is 3.34. The zero-order valence-electron chi connectivity index (χ0n) is 9.01. The van der Waals surface area contributed by atoms with Crippen LogP contribution in [0.4, 0.5) is 0 Å². The Bertz CT molecular complexity index is 554. The summed E-state index contributed by atoms with van der Waals surface area (Å²) in [4.78, 5) is 16.2. The van der Waals surface area contributed by atoms with Gasteiger partial charge in [-0.15, -0.1) is 17.8 Å². The second-order valence-electron chi connectivity index (χ2n) is 3.34. The van der Waals surface area contributed by atoms with Crippen molar-refractivity contribution in [2.24, 2.45) is 0 Å². The molecule has 0 saturated heterocycles. The first-order valence-electron chi connectivity index (χ1n) is 5.04. The van der Waals surface area contributed by atoms with E-state index in [1.807, 2.05) is 30.3 Å². The molecule has 3 nitrogen and oxygen atoms in total. The number of nitrogens with one attached hydrogen (secondary N) is 1. The van der Waals surface area contributed by atoms with Gasteiger partial charge in [0.05, 0.1) is 6.20 Å². The Labute approximate surface area is 104 Å². The van der Waals surface area contributed by atoms with Crippen LogP contribution in [-0.2, 0) is 6.54 Å². The molecule has 1 aromatic carbocycles. The summed E-state index contributed by atoms with van der Waals surface area (Å²) in [6, 6.07) is 9.72. The van der Waals surface area contributed by atoms with Gasteiger partial charge < -0.3 is 5.32 Å². The molecule has 17 heavy (non-hydrogen) atoms. The van der Waals surface area contributed by atoms with E-state index in [1.54, 1.807) is 0 Å². The third kappa shape index (κ3) is 2.92. The van der Waals surface area contributed by atoms with Crippen molar-refractivity contribution in [3.63, 3.8) is 0 Å². The fourth-order valence-electron chi connectivity index (χ4n) is 1.31. The van der Waals surface area contributed by atoms with E-state index in [9.17, 15) is 4.79 Å². The van der Waals surface area contributed by atoms with Crippen LogP contribution >= 0.6 is 11.3 Å². The van der Waals surface area contributed by atoms with Crippen molar-refractivity contribution >= 4 is 17.2 Å². The smallest absolute Gasteiger partial charge is 0.263 e. The van der Waals surface area contributed by atoms with Crippen LogP contribution in [0.15, 0.2) is 36.5 Å².